The molecule has 3 rings (SSSR count). The lowest BCUT2D eigenvalue weighted by molar-refractivity contribution is -0.169. The molecule has 0 spiro atoms. The van der Waals surface area contributed by atoms with E-state index in [1.165, 1.54) is 0 Å². The first-order valence-electron chi connectivity index (χ1n) is 9.54. The summed E-state index contributed by atoms with van der Waals surface area (Å²) in [7, 11) is 0. The van der Waals surface area contributed by atoms with Gasteiger partial charge >= 0.3 is 5.97 Å². The highest BCUT2D eigenvalue weighted by atomic mass is 16.6. The second-order valence-electron chi connectivity index (χ2n) is 7.73. The number of benzene rings is 2. The Morgan fingerprint density at radius 2 is 1.31 bits per heavy atom. The van der Waals surface area contributed by atoms with Crippen molar-refractivity contribution < 1.29 is 14.6 Å². The quantitative estimate of drug-likeness (QED) is 0.642. The van der Waals surface area contributed by atoms with Gasteiger partial charge in [-0.3, -0.25) is 0 Å². The van der Waals surface area contributed by atoms with Crippen molar-refractivity contribution in [2.75, 3.05) is 0 Å². The van der Waals surface area contributed by atoms with Gasteiger partial charge in [0.05, 0.1) is 0 Å². The summed E-state index contributed by atoms with van der Waals surface area (Å²) in [5.74, 6) is 0.472. The van der Waals surface area contributed by atoms with Crippen molar-refractivity contribution in [3.63, 3.8) is 0 Å². The standard InChI is InChI=1S/C23H28O3/c1-17-13-14-18(2)16-21(15-17)26-22(24)23(25,19-9-5-3-6-10-19)20-11-7-4-8-12-20/h3-12,17-18,21,25H,13-16H2,1-2H3. The summed E-state index contributed by atoms with van der Waals surface area (Å²) in [5, 5.41) is 11.5. The van der Waals surface area contributed by atoms with Gasteiger partial charge in [-0.1, -0.05) is 87.4 Å². The predicted molar refractivity (Wildman–Crippen MR) is 103 cm³/mol. The minimum absolute atomic E-state index is 0.144. The van der Waals surface area contributed by atoms with Gasteiger partial charge in [0.1, 0.15) is 6.10 Å². The lowest BCUT2D eigenvalue weighted by Gasteiger charge is -2.30. The Hall–Kier alpha value is -2.13. The number of aliphatic hydroxyl groups is 1. The van der Waals surface area contributed by atoms with Gasteiger partial charge < -0.3 is 9.84 Å². The van der Waals surface area contributed by atoms with Gasteiger partial charge in [0.15, 0.2) is 0 Å². The van der Waals surface area contributed by atoms with E-state index in [9.17, 15) is 9.90 Å². The van der Waals surface area contributed by atoms with E-state index in [0.29, 0.717) is 23.0 Å². The molecule has 0 amide bonds. The Labute approximate surface area is 156 Å². The minimum Gasteiger partial charge on any atom is -0.460 e. The molecule has 1 fully saturated rings. The molecule has 2 atom stereocenters. The molecule has 26 heavy (non-hydrogen) atoms. The van der Waals surface area contributed by atoms with Crippen molar-refractivity contribution in [1.82, 2.24) is 0 Å². The van der Waals surface area contributed by atoms with Crippen LogP contribution in [0.1, 0.15) is 50.7 Å². The highest BCUT2D eigenvalue weighted by Crippen LogP contribution is 2.34. The van der Waals surface area contributed by atoms with Crippen LogP contribution in [0.15, 0.2) is 60.7 Å². The maximum absolute atomic E-state index is 13.2. The molecule has 1 aliphatic rings. The van der Waals surface area contributed by atoms with Crippen LogP contribution in [-0.2, 0) is 15.1 Å². The molecule has 1 N–H and O–H groups in total. The maximum atomic E-state index is 13.2. The van der Waals surface area contributed by atoms with Crippen molar-refractivity contribution >= 4 is 5.97 Å². The van der Waals surface area contributed by atoms with Gasteiger partial charge in [-0.05, 0) is 35.8 Å². The van der Waals surface area contributed by atoms with Crippen LogP contribution in [0.5, 0.6) is 0 Å². The summed E-state index contributed by atoms with van der Waals surface area (Å²) in [5.41, 5.74) is -0.724. The van der Waals surface area contributed by atoms with Crippen LogP contribution >= 0.6 is 0 Å². The van der Waals surface area contributed by atoms with Gasteiger partial charge in [-0.2, -0.15) is 0 Å². The molecule has 0 aromatic heterocycles. The molecule has 138 valence electrons. The average molecular weight is 352 g/mol. The molecule has 3 heteroatoms. The molecule has 0 bridgehead atoms. The van der Waals surface area contributed by atoms with Crippen LogP contribution < -0.4 is 0 Å². The van der Waals surface area contributed by atoms with Crippen molar-refractivity contribution in [3.05, 3.63) is 71.8 Å². The van der Waals surface area contributed by atoms with E-state index < -0.39 is 11.6 Å². The smallest absolute Gasteiger partial charge is 0.347 e. The van der Waals surface area contributed by atoms with Gasteiger partial charge in [-0.25, -0.2) is 4.79 Å². The zero-order valence-corrected chi connectivity index (χ0v) is 15.6. The van der Waals surface area contributed by atoms with E-state index >= 15 is 0 Å². The molecule has 2 aromatic carbocycles. The third-order valence-corrected chi connectivity index (χ3v) is 5.44. The molecule has 0 aliphatic heterocycles. The van der Waals surface area contributed by atoms with Crippen LogP contribution in [0, 0.1) is 11.8 Å². The zero-order valence-electron chi connectivity index (χ0n) is 15.6. The second-order valence-corrected chi connectivity index (χ2v) is 7.73. The fraction of sp³-hybridized carbons (Fsp3) is 0.435. The van der Waals surface area contributed by atoms with E-state index in [1.807, 2.05) is 36.4 Å². The number of esters is 1. The molecule has 0 radical (unpaired) electrons. The van der Waals surface area contributed by atoms with Crippen LogP contribution in [0.25, 0.3) is 0 Å². The average Bonchev–Trinajstić information content (AvgIpc) is 2.82. The summed E-state index contributed by atoms with van der Waals surface area (Å²) < 4.78 is 5.90. The summed E-state index contributed by atoms with van der Waals surface area (Å²) in [6.45, 7) is 4.42. The van der Waals surface area contributed by atoms with Gasteiger partial charge in [0, 0.05) is 0 Å². The van der Waals surface area contributed by atoms with Gasteiger partial charge in [0.2, 0.25) is 5.60 Å². The topological polar surface area (TPSA) is 46.5 Å². The normalized spacial score (nSPS) is 23.9. The fourth-order valence-corrected chi connectivity index (χ4v) is 3.89. The van der Waals surface area contributed by atoms with Crippen LogP contribution in [0.3, 0.4) is 0 Å². The monoisotopic (exact) mass is 352 g/mol. The first-order chi connectivity index (χ1) is 12.5. The summed E-state index contributed by atoms with van der Waals surface area (Å²) >= 11 is 0. The van der Waals surface area contributed by atoms with Crippen molar-refractivity contribution in [1.29, 1.82) is 0 Å². The number of carbonyl (C=O) groups excluding carboxylic acids is 1. The molecular formula is C23H28O3. The maximum Gasteiger partial charge on any atom is 0.347 e. The highest BCUT2D eigenvalue weighted by molar-refractivity contribution is 5.85. The fourth-order valence-electron chi connectivity index (χ4n) is 3.89. The number of rotatable bonds is 4. The van der Waals surface area contributed by atoms with Crippen LogP contribution in [-0.4, -0.2) is 17.2 Å². The molecule has 0 heterocycles. The van der Waals surface area contributed by atoms with Gasteiger partial charge in [0.25, 0.3) is 0 Å². The molecule has 0 saturated heterocycles. The Morgan fingerprint density at radius 1 is 0.885 bits per heavy atom. The third-order valence-electron chi connectivity index (χ3n) is 5.44. The Bertz CT molecular complexity index is 659. The summed E-state index contributed by atoms with van der Waals surface area (Å²) in [4.78, 5) is 13.2. The lowest BCUT2D eigenvalue weighted by atomic mass is 9.86. The van der Waals surface area contributed by atoms with E-state index in [4.69, 9.17) is 4.74 Å². The van der Waals surface area contributed by atoms with Crippen molar-refractivity contribution in [2.45, 2.75) is 51.2 Å². The molecule has 1 aliphatic carbocycles. The number of ether oxygens (including phenoxy) is 1. The largest absolute Gasteiger partial charge is 0.460 e. The lowest BCUT2D eigenvalue weighted by Crippen LogP contribution is -2.40. The predicted octanol–water partition coefficient (Wildman–Crippen LogP) is 4.68. The minimum atomic E-state index is -1.79. The van der Waals surface area contributed by atoms with E-state index in [2.05, 4.69) is 13.8 Å². The van der Waals surface area contributed by atoms with Crippen LogP contribution in [0.2, 0.25) is 0 Å². The summed E-state index contributed by atoms with van der Waals surface area (Å²) in [6, 6.07) is 18.1. The number of hydrogen-bond acceptors (Lipinski definition) is 3. The third kappa shape index (κ3) is 3.99. The molecule has 2 aromatic rings. The highest BCUT2D eigenvalue weighted by Gasteiger charge is 2.43. The molecule has 2 unspecified atom stereocenters. The number of carbonyl (C=O) groups is 1. The SMILES string of the molecule is CC1CCC(C)CC(OC(=O)C(O)(c2ccccc2)c2ccccc2)C1. The van der Waals surface area contributed by atoms with E-state index in [-0.39, 0.29) is 6.10 Å². The van der Waals surface area contributed by atoms with Gasteiger partial charge in [-0.15, -0.1) is 0 Å². The Kier molecular flexibility index (Phi) is 5.77. The summed E-state index contributed by atoms with van der Waals surface area (Å²) in [6.07, 6.45) is 3.90. The number of hydrogen-bond donors (Lipinski definition) is 1. The molecular weight excluding hydrogens is 324 g/mol. The van der Waals surface area contributed by atoms with E-state index in [0.717, 1.165) is 25.7 Å². The second kappa shape index (κ2) is 8.05. The van der Waals surface area contributed by atoms with Crippen molar-refractivity contribution in [2.24, 2.45) is 11.8 Å². The Morgan fingerprint density at radius 3 is 1.73 bits per heavy atom. The van der Waals surface area contributed by atoms with Crippen molar-refractivity contribution in [3.8, 4) is 0 Å². The first kappa shape index (κ1) is 18.7. The Balaban J connectivity index is 1.91. The van der Waals surface area contributed by atoms with E-state index in [1.54, 1.807) is 24.3 Å². The molecule has 3 nitrogen and oxygen atoms in total. The molecule has 1 saturated carbocycles. The first-order valence-corrected chi connectivity index (χ1v) is 9.54. The van der Waals surface area contributed by atoms with Crippen LogP contribution in [0.4, 0.5) is 0 Å². The zero-order chi connectivity index (χ0) is 18.6.